The van der Waals surface area contributed by atoms with Gasteiger partial charge in [0, 0.05) is 41.5 Å². The second kappa shape index (κ2) is 6.95. The van der Waals surface area contributed by atoms with Crippen LogP contribution in [0.1, 0.15) is 29.9 Å². The van der Waals surface area contributed by atoms with Crippen molar-refractivity contribution >= 4 is 28.5 Å². The highest BCUT2D eigenvalue weighted by Crippen LogP contribution is 2.29. The Balaban J connectivity index is 1.55. The highest BCUT2D eigenvalue weighted by Gasteiger charge is 2.18. The number of rotatable bonds is 4. The Hall–Kier alpha value is -3.28. The lowest BCUT2D eigenvalue weighted by Crippen LogP contribution is -2.20. The average Bonchev–Trinajstić information content (AvgIpc) is 3.42. The number of hydrogen-bond donors (Lipinski definition) is 2. The first-order valence-electron chi connectivity index (χ1n) is 10.2. The molecule has 0 amide bonds. The predicted octanol–water partition coefficient (Wildman–Crippen LogP) is 5.02. The molecule has 0 radical (unpaired) electrons. The number of nitrogens with one attached hydrogen (secondary N) is 2. The zero-order valence-electron chi connectivity index (χ0n) is 17.2. The van der Waals surface area contributed by atoms with Crippen LogP contribution >= 0.6 is 0 Å². The van der Waals surface area contributed by atoms with E-state index in [2.05, 4.69) is 83.0 Å². The fourth-order valence-electron chi connectivity index (χ4n) is 4.22. The molecule has 0 aliphatic carbocycles. The molecular formula is C23H26N6. The van der Waals surface area contributed by atoms with Crippen molar-refractivity contribution < 1.29 is 0 Å². The fourth-order valence-corrected chi connectivity index (χ4v) is 4.22. The van der Waals surface area contributed by atoms with Crippen LogP contribution in [0.15, 0.2) is 42.5 Å². The fraction of sp³-hybridized carbons (Fsp3) is 0.304. The van der Waals surface area contributed by atoms with Crippen LogP contribution in [0, 0.1) is 20.8 Å². The van der Waals surface area contributed by atoms with Gasteiger partial charge in [-0.2, -0.15) is 9.97 Å². The molecule has 1 saturated heterocycles. The van der Waals surface area contributed by atoms with Gasteiger partial charge in [-0.15, -0.1) is 0 Å². The predicted molar refractivity (Wildman–Crippen MR) is 119 cm³/mol. The molecule has 5 rings (SSSR count). The van der Waals surface area contributed by atoms with Crippen LogP contribution in [0.2, 0.25) is 0 Å². The van der Waals surface area contributed by atoms with Crippen molar-refractivity contribution in [3.63, 3.8) is 0 Å². The lowest BCUT2D eigenvalue weighted by atomic mass is 10.2. The number of H-pyrrole nitrogens is 1. The Morgan fingerprint density at radius 1 is 0.931 bits per heavy atom. The van der Waals surface area contributed by atoms with Crippen LogP contribution < -0.4 is 10.2 Å². The maximum Gasteiger partial charge on any atom is 0.229 e. The zero-order chi connectivity index (χ0) is 20.0. The minimum atomic E-state index is 0.799. The van der Waals surface area contributed by atoms with E-state index in [0.717, 1.165) is 53.0 Å². The molecule has 0 saturated carbocycles. The van der Waals surface area contributed by atoms with Crippen molar-refractivity contribution in [3.8, 4) is 5.69 Å². The molecule has 6 nitrogen and oxygen atoms in total. The Bertz CT molecular complexity index is 1160. The van der Waals surface area contributed by atoms with Gasteiger partial charge in [-0.1, -0.05) is 6.07 Å². The van der Waals surface area contributed by atoms with Crippen molar-refractivity contribution in [2.75, 3.05) is 23.3 Å². The zero-order valence-corrected chi connectivity index (χ0v) is 17.2. The third kappa shape index (κ3) is 3.24. The monoisotopic (exact) mass is 386 g/mol. The Kier molecular flexibility index (Phi) is 4.27. The number of anilines is 3. The molecule has 4 heterocycles. The van der Waals surface area contributed by atoms with Gasteiger partial charge in [-0.3, -0.25) is 0 Å². The van der Waals surface area contributed by atoms with E-state index in [9.17, 15) is 0 Å². The second-order valence-electron chi connectivity index (χ2n) is 7.91. The molecule has 4 aromatic rings. The summed E-state index contributed by atoms with van der Waals surface area (Å²) in [6, 6.07) is 14.9. The number of aromatic nitrogens is 4. The summed E-state index contributed by atoms with van der Waals surface area (Å²) in [4.78, 5) is 15.3. The maximum absolute atomic E-state index is 4.90. The highest BCUT2D eigenvalue weighted by molar-refractivity contribution is 5.91. The summed E-state index contributed by atoms with van der Waals surface area (Å²) < 4.78 is 2.26. The van der Waals surface area contributed by atoms with Crippen molar-refractivity contribution in [1.82, 2.24) is 19.5 Å². The van der Waals surface area contributed by atoms with Gasteiger partial charge in [0.15, 0.2) is 0 Å². The van der Waals surface area contributed by atoms with Crippen molar-refractivity contribution in [3.05, 3.63) is 59.5 Å². The summed E-state index contributed by atoms with van der Waals surface area (Å²) >= 11 is 0. The molecule has 148 valence electrons. The molecular weight excluding hydrogens is 360 g/mol. The lowest BCUT2D eigenvalue weighted by molar-refractivity contribution is 0.906. The van der Waals surface area contributed by atoms with Crippen molar-refractivity contribution in [1.29, 1.82) is 0 Å². The smallest absolute Gasteiger partial charge is 0.229 e. The number of aromatic amines is 1. The van der Waals surface area contributed by atoms with E-state index in [1.807, 2.05) is 0 Å². The molecule has 1 fully saturated rings. The van der Waals surface area contributed by atoms with Crippen LogP contribution in [0.4, 0.5) is 17.5 Å². The molecule has 0 bridgehead atoms. The maximum atomic E-state index is 4.90. The minimum absolute atomic E-state index is 0.799. The molecule has 1 aliphatic heterocycles. The van der Waals surface area contributed by atoms with E-state index in [0.29, 0.717) is 0 Å². The minimum Gasteiger partial charge on any atom is -0.343 e. The first-order valence-corrected chi connectivity index (χ1v) is 10.2. The van der Waals surface area contributed by atoms with Gasteiger partial charge in [-0.25, -0.2) is 0 Å². The van der Waals surface area contributed by atoms with E-state index in [4.69, 9.17) is 9.97 Å². The Morgan fingerprint density at radius 2 is 1.69 bits per heavy atom. The highest BCUT2D eigenvalue weighted by atomic mass is 15.3. The molecule has 6 heteroatoms. The van der Waals surface area contributed by atoms with E-state index in [-0.39, 0.29) is 0 Å². The molecule has 0 atom stereocenters. The first kappa shape index (κ1) is 17.8. The normalized spacial score (nSPS) is 14.1. The molecule has 2 N–H and O–H groups in total. The van der Waals surface area contributed by atoms with Gasteiger partial charge >= 0.3 is 0 Å². The third-order valence-corrected chi connectivity index (χ3v) is 5.64. The largest absolute Gasteiger partial charge is 0.343 e. The Morgan fingerprint density at radius 3 is 2.45 bits per heavy atom. The van der Waals surface area contributed by atoms with Crippen LogP contribution in [-0.2, 0) is 0 Å². The third-order valence-electron chi connectivity index (χ3n) is 5.64. The summed E-state index contributed by atoms with van der Waals surface area (Å²) in [6.07, 6.45) is 2.40. The van der Waals surface area contributed by atoms with Gasteiger partial charge in [0.05, 0.1) is 5.39 Å². The molecule has 29 heavy (non-hydrogen) atoms. The van der Waals surface area contributed by atoms with Gasteiger partial charge in [0.1, 0.15) is 11.5 Å². The molecule has 1 aliphatic rings. The van der Waals surface area contributed by atoms with E-state index < -0.39 is 0 Å². The molecule has 1 aromatic carbocycles. The average molecular weight is 387 g/mol. The molecule has 3 aromatic heterocycles. The van der Waals surface area contributed by atoms with Gasteiger partial charge in [0.25, 0.3) is 0 Å². The summed E-state index contributed by atoms with van der Waals surface area (Å²) in [6.45, 7) is 8.36. The summed E-state index contributed by atoms with van der Waals surface area (Å²) in [5.74, 6) is 1.65. The van der Waals surface area contributed by atoms with Crippen LogP contribution in [-0.4, -0.2) is 32.6 Å². The Labute approximate surface area is 170 Å². The van der Waals surface area contributed by atoms with Gasteiger partial charge in [0.2, 0.25) is 5.95 Å². The SMILES string of the molecule is Cc1cc2c(Nc3cccc(-n4c(C)ccc4C)c3)nc(N3CCCC3)nc2[nH]1. The van der Waals surface area contributed by atoms with Crippen LogP contribution in [0.5, 0.6) is 0 Å². The number of fused-ring (bicyclic) bond motifs is 1. The quantitative estimate of drug-likeness (QED) is 0.517. The van der Waals surface area contributed by atoms with Crippen LogP contribution in [0.3, 0.4) is 0 Å². The topological polar surface area (TPSA) is 61.8 Å². The first-order chi connectivity index (χ1) is 14.1. The van der Waals surface area contributed by atoms with E-state index in [1.165, 1.54) is 24.2 Å². The van der Waals surface area contributed by atoms with Crippen molar-refractivity contribution in [2.45, 2.75) is 33.6 Å². The van der Waals surface area contributed by atoms with Gasteiger partial charge in [-0.05, 0) is 70.0 Å². The number of aryl methyl sites for hydroxylation is 3. The van der Waals surface area contributed by atoms with E-state index >= 15 is 0 Å². The molecule has 0 unspecified atom stereocenters. The number of nitrogens with zero attached hydrogens (tertiary/aromatic N) is 4. The van der Waals surface area contributed by atoms with Gasteiger partial charge < -0.3 is 19.8 Å². The standard InChI is InChI=1S/C23H26N6/c1-15-13-20-21(24-15)26-23(28-11-4-5-12-28)27-22(20)25-18-7-6-8-19(14-18)29-16(2)9-10-17(29)3/h6-10,13-14H,4-5,11-12H2,1-3H3,(H2,24,25,26,27). The number of benzene rings is 1. The molecule has 0 spiro atoms. The van der Waals surface area contributed by atoms with E-state index in [1.54, 1.807) is 0 Å². The summed E-state index contributed by atoms with van der Waals surface area (Å²) in [7, 11) is 0. The lowest BCUT2D eigenvalue weighted by Gasteiger charge is -2.17. The second-order valence-corrected chi connectivity index (χ2v) is 7.91. The summed E-state index contributed by atoms with van der Waals surface area (Å²) in [5, 5.41) is 4.57. The van der Waals surface area contributed by atoms with Crippen LogP contribution in [0.25, 0.3) is 16.7 Å². The number of hydrogen-bond acceptors (Lipinski definition) is 4. The van der Waals surface area contributed by atoms with Crippen molar-refractivity contribution in [2.24, 2.45) is 0 Å². The summed E-state index contributed by atoms with van der Waals surface area (Å²) in [5.41, 5.74) is 6.58.